The monoisotopic (exact) mass is 549 g/mol. The van der Waals surface area contributed by atoms with E-state index in [1.165, 1.54) is 6.33 Å². The van der Waals surface area contributed by atoms with Crippen molar-refractivity contribution in [2.75, 3.05) is 10.6 Å². The quantitative estimate of drug-likeness (QED) is 0.299. The van der Waals surface area contributed by atoms with Gasteiger partial charge in [-0.25, -0.2) is 4.68 Å². The second-order valence-corrected chi connectivity index (χ2v) is 9.36. The number of ether oxygens (including phenoxy) is 1. The predicted molar refractivity (Wildman–Crippen MR) is 139 cm³/mol. The van der Waals surface area contributed by atoms with Crippen molar-refractivity contribution in [3.63, 3.8) is 0 Å². The van der Waals surface area contributed by atoms with E-state index in [1.54, 1.807) is 4.68 Å². The van der Waals surface area contributed by atoms with Gasteiger partial charge in [0.25, 0.3) is 5.91 Å². The Labute approximate surface area is 215 Å². The molecular formula is C26H21BrClN5O2. The molecule has 0 spiro atoms. The van der Waals surface area contributed by atoms with Crippen LogP contribution in [0.15, 0.2) is 94.9 Å². The van der Waals surface area contributed by atoms with E-state index in [9.17, 15) is 4.79 Å². The number of aromatic nitrogens is 3. The molecule has 1 aliphatic heterocycles. The first-order valence-corrected chi connectivity index (χ1v) is 12.1. The Balaban J connectivity index is 1.54. The average molecular weight is 551 g/mol. The topological polar surface area (TPSA) is 81.1 Å². The van der Waals surface area contributed by atoms with E-state index in [0.717, 1.165) is 15.6 Å². The van der Waals surface area contributed by atoms with Crippen LogP contribution in [0.2, 0.25) is 5.02 Å². The first-order valence-electron chi connectivity index (χ1n) is 10.9. The molecule has 0 aliphatic carbocycles. The van der Waals surface area contributed by atoms with Crippen molar-refractivity contribution in [2.24, 2.45) is 0 Å². The van der Waals surface area contributed by atoms with E-state index in [1.807, 2.05) is 79.7 Å². The molecule has 0 fully saturated rings. The summed E-state index contributed by atoms with van der Waals surface area (Å²) < 4.78 is 8.80. The zero-order valence-electron chi connectivity index (χ0n) is 18.7. The normalized spacial score (nSPS) is 14.8. The third kappa shape index (κ3) is 4.94. The molecule has 3 aromatic carbocycles. The average Bonchev–Trinajstić information content (AvgIpc) is 3.32. The van der Waals surface area contributed by atoms with Crippen molar-refractivity contribution >= 4 is 45.1 Å². The van der Waals surface area contributed by atoms with E-state index in [4.69, 9.17) is 16.3 Å². The summed E-state index contributed by atoms with van der Waals surface area (Å²) in [6.45, 7) is 2.20. The molecule has 5 rings (SSSR count). The first-order chi connectivity index (χ1) is 17.0. The van der Waals surface area contributed by atoms with Crippen LogP contribution in [-0.2, 0) is 11.4 Å². The molecule has 9 heteroatoms. The Morgan fingerprint density at radius 2 is 1.91 bits per heavy atom. The van der Waals surface area contributed by atoms with Crippen molar-refractivity contribution in [3.8, 4) is 5.75 Å². The molecule has 2 N–H and O–H groups in total. The van der Waals surface area contributed by atoms with Crippen LogP contribution in [0.4, 0.5) is 11.6 Å². The number of allylic oxidation sites excluding steroid dienone is 1. The number of rotatable bonds is 6. The lowest BCUT2D eigenvalue weighted by Crippen LogP contribution is -2.31. The summed E-state index contributed by atoms with van der Waals surface area (Å²) in [5, 5.41) is 11.3. The standard InChI is InChI=1S/C26H21BrClN5O2/c1-16-23(25(34)32-20-5-3-2-4-6-20)24(33-26(31-16)29-15-30-33)21-13-18(27)9-12-22(21)35-14-17-7-10-19(28)11-8-17/h2-13,15,24H,14H2,1H3,(H,32,34)(H,29,30,31). The van der Waals surface area contributed by atoms with Crippen LogP contribution < -0.4 is 15.4 Å². The Kier molecular flexibility index (Phi) is 6.57. The fourth-order valence-electron chi connectivity index (χ4n) is 4.00. The molecule has 0 bridgehead atoms. The van der Waals surface area contributed by atoms with Crippen LogP contribution in [0, 0.1) is 0 Å². The lowest BCUT2D eigenvalue weighted by molar-refractivity contribution is -0.113. The second kappa shape index (κ2) is 9.93. The van der Waals surface area contributed by atoms with Crippen LogP contribution in [-0.4, -0.2) is 20.7 Å². The minimum atomic E-state index is -0.560. The Morgan fingerprint density at radius 1 is 1.14 bits per heavy atom. The van der Waals surface area contributed by atoms with Crippen LogP contribution in [0.3, 0.4) is 0 Å². The number of hydrogen-bond donors (Lipinski definition) is 2. The molecule has 1 atom stereocenters. The maximum absolute atomic E-state index is 13.6. The summed E-state index contributed by atoms with van der Waals surface area (Å²) in [7, 11) is 0. The van der Waals surface area contributed by atoms with Gasteiger partial charge in [0, 0.05) is 26.4 Å². The molecule has 1 amide bonds. The molecule has 7 nitrogen and oxygen atoms in total. The molecule has 35 heavy (non-hydrogen) atoms. The van der Waals surface area contributed by atoms with Crippen LogP contribution in [0.25, 0.3) is 0 Å². The van der Waals surface area contributed by atoms with Crippen molar-refractivity contribution < 1.29 is 9.53 Å². The number of nitrogens with one attached hydrogen (secondary N) is 2. The van der Waals surface area contributed by atoms with Gasteiger partial charge in [-0.15, -0.1) is 0 Å². The van der Waals surface area contributed by atoms with Gasteiger partial charge >= 0.3 is 0 Å². The SMILES string of the molecule is CC1=C(C(=O)Nc2ccccc2)C(c2cc(Br)ccc2OCc2ccc(Cl)cc2)n2ncnc2N1. The van der Waals surface area contributed by atoms with Crippen molar-refractivity contribution in [2.45, 2.75) is 19.6 Å². The molecule has 0 radical (unpaired) electrons. The maximum Gasteiger partial charge on any atom is 0.255 e. The number of fused-ring (bicyclic) bond motifs is 1. The highest BCUT2D eigenvalue weighted by molar-refractivity contribution is 9.10. The number of carbonyl (C=O) groups is 1. The highest BCUT2D eigenvalue weighted by atomic mass is 79.9. The summed E-state index contributed by atoms with van der Waals surface area (Å²) in [6, 6.07) is 22.0. The highest BCUT2D eigenvalue weighted by Gasteiger charge is 2.35. The molecule has 0 saturated heterocycles. The van der Waals surface area contributed by atoms with Crippen molar-refractivity contribution in [1.82, 2.24) is 14.8 Å². The van der Waals surface area contributed by atoms with Gasteiger partial charge in [0.1, 0.15) is 24.7 Å². The minimum absolute atomic E-state index is 0.240. The maximum atomic E-state index is 13.6. The third-order valence-corrected chi connectivity index (χ3v) is 6.39. The summed E-state index contributed by atoms with van der Waals surface area (Å²) >= 11 is 9.59. The highest BCUT2D eigenvalue weighted by Crippen LogP contribution is 2.40. The molecule has 176 valence electrons. The summed E-state index contributed by atoms with van der Waals surface area (Å²) in [6.07, 6.45) is 1.47. The van der Waals surface area contributed by atoms with Crippen LogP contribution in [0.1, 0.15) is 24.1 Å². The van der Waals surface area contributed by atoms with Gasteiger partial charge in [-0.1, -0.05) is 57.9 Å². The van der Waals surface area contributed by atoms with Gasteiger partial charge in [0.05, 0.1) is 5.57 Å². The molecule has 4 aromatic rings. The number of amides is 1. The van der Waals surface area contributed by atoms with Gasteiger partial charge in [0.15, 0.2) is 0 Å². The number of nitrogens with zero attached hydrogens (tertiary/aromatic N) is 3. The number of halogens is 2. The first kappa shape index (κ1) is 23.1. The molecule has 1 aliphatic rings. The summed E-state index contributed by atoms with van der Waals surface area (Å²) in [5.74, 6) is 0.942. The number of para-hydroxylation sites is 1. The molecule has 0 saturated carbocycles. The predicted octanol–water partition coefficient (Wildman–Crippen LogP) is 6.20. The van der Waals surface area contributed by atoms with Crippen molar-refractivity contribution in [3.05, 3.63) is 111 Å². The van der Waals surface area contributed by atoms with Gasteiger partial charge in [-0.3, -0.25) is 4.79 Å². The third-order valence-electron chi connectivity index (χ3n) is 5.64. The number of hydrogen-bond acceptors (Lipinski definition) is 5. The summed E-state index contributed by atoms with van der Waals surface area (Å²) in [4.78, 5) is 17.9. The lowest BCUT2D eigenvalue weighted by Gasteiger charge is -2.30. The van der Waals surface area contributed by atoms with Crippen molar-refractivity contribution in [1.29, 1.82) is 0 Å². The Morgan fingerprint density at radius 3 is 2.69 bits per heavy atom. The zero-order valence-corrected chi connectivity index (χ0v) is 21.0. The number of benzene rings is 3. The lowest BCUT2D eigenvalue weighted by atomic mass is 9.94. The van der Waals surface area contributed by atoms with Gasteiger partial charge in [-0.05, 0) is 55.0 Å². The molecule has 1 unspecified atom stereocenters. The molecule has 1 aromatic heterocycles. The van der Waals surface area contributed by atoms with E-state index in [-0.39, 0.29) is 5.91 Å². The molecule has 2 heterocycles. The second-order valence-electron chi connectivity index (χ2n) is 8.01. The number of carbonyl (C=O) groups excluding carboxylic acids is 1. The van der Waals surface area contributed by atoms with Crippen LogP contribution in [0.5, 0.6) is 5.75 Å². The number of anilines is 2. The Hall–Kier alpha value is -3.62. The summed E-state index contributed by atoms with van der Waals surface area (Å²) in [5.41, 5.74) is 3.66. The van der Waals surface area contributed by atoms with Gasteiger partial charge in [0.2, 0.25) is 5.95 Å². The van der Waals surface area contributed by atoms with E-state index < -0.39 is 6.04 Å². The van der Waals surface area contributed by atoms with Gasteiger partial charge < -0.3 is 15.4 Å². The van der Waals surface area contributed by atoms with E-state index in [0.29, 0.717) is 40.3 Å². The fraction of sp³-hybridized carbons (Fsp3) is 0.115. The van der Waals surface area contributed by atoms with E-state index in [2.05, 4.69) is 36.6 Å². The van der Waals surface area contributed by atoms with Crippen LogP contribution >= 0.6 is 27.5 Å². The largest absolute Gasteiger partial charge is 0.489 e. The molecular weight excluding hydrogens is 530 g/mol. The zero-order chi connectivity index (χ0) is 24.4. The fourth-order valence-corrected chi connectivity index (χ4v) is 4.50. The Bertz CT molecular complexity index is 1400. The van der Waals surface area contributed by atoms with E-state index >= 15 is 0 Å². The van der Waals surface area contributed by atoms with Gasteiger partial charge in [-0.2, -0.15) is 10.1 Å². The minimum Gasteiger partial charge on any atom is -0.489 e. The smallest absolute Gasteiger partial charge is 0.255 e.